The van der Waals surface area contributed by atoms with Crippen LogP contribution in [0.1, 0.15) is 64.0 Å². The highest BCUT2D eigenvalue weighted by molar-refractivity contribution is 5.82. The molecule has 1 aliphatic carbocycles. The first-order valence-corrected chi connectivity index (χ1v) is 11.3. The van der Waals surface area contributed by atoms with Crippen LogP contribution < -0.4 is 0 Å². The lowest BCUT2D eigenvalue weighted by molar-refractivity contribution is -0.182. The number of aliphatic hydroxyl groups excluding tert-OH is 1. The number of esters is 1. The number of hydrogen-bond acceptors (Lipinski definition) is 6. The number of hydrogen-bond donors (Lipinski definition) is 2. The third-order valence-electron chi connectivity index (χ3n) is 6.25. The number of alkyl halides is 2. The Hall–Kier alpha value is -2.26. The highest BCUT2D eigenvalue weighted by atomic mass is 19.3. The van der Waals surface area contributed by atoms with Crippen LogP contribution in [-0.4, -0.2) is 57.9 Å². The summed E-state index contributed by atoms with van der Waals surface area (Å²) >= 11 is 0. The summed E-state index contributed by atoms with van der Waals surface area (Å²) in [6.07, 6.45) is -1.33. The number of halogens is 2. The number of amides is 1. The van der Waals surface area contributed by atoms with Crippen molar-refractivity contribution < 1.29 is 38.1 Å². The minimum absolute atomic E-state index is 0.0164. The average molecular weight is 470 g/mol. The summed E-state index contributed by atoms with van der Waals surface area (Å²) in [5.41, 5.74) is -2.11. The highest BCUT2D eigenvalue weighted by Crippen LogP contribution is 2.48. The van der Waals surface area contributed by atoms with E-state index in [9.17, 15) is 28.6 Å². The van der Waals surface area contributed by atoms with Crippen LogP contribution in [0.3, 0.4) is 0 Å². The van der Waals surface area contributed by atoms with Gasteiger partial charge in [-0.05, 0) is 38.3 Å². The van der Waals surface area contributed by atoms with Gasteiger partial charge in [-0.15, -0.1) is 0 Å². The average Bonchev–Trinajstić information content (AvgIpc) is 3.12. The fourth-order valence-corrected chi connectivity index (χ4v) is 4.41. The second-order valence-corrected chi connectivity index (χ2v) is 9.99. The monoisotopic (exact) mass is 469 g/mol. The van der Waals surface area contributed by atoms with Crippen LogP contribution in [0.2, 0.25) is 0 Å². The van der Waals surface area contributed by atoms with E-state index in [1.807, 2.05) is 0 Å². The van der Waals surface area contributed by atoms with E-state index in [2.05, 4.69) is 0 Å². The van der Waals surface area contributed by atoms with Gasteiger partial charge in [0.05, 0.1) is 6.61 Å². The molecule has 3 rings (SSSR count). The Labute approximate surface area is 192 Å². The first-order chi connectivity index (χ1) is 15.3. The first-order valence-electron chi connectivity index (χ1n) is 11.3. The molecule has 2 fully saturated rings. The molecule has 1 saturated heterocycles. The molecule has 1 saturated carbocycles. The Bertz CT molecular complexity index is 846. The SMILES string of the molecule is CC(C)(C)OC(=O)N1CCC(OC(=O)[C@](O)(c2ccc(CO)cc2)[C@@H]2CCC(F)(F)C2)CC1. The zero-order chi connectivity index (χ0) is 24.4. The number of nitrogens with zero attached hydrogens (tertiary/aromatic N) is 1. The van der Waals surface area contributed by atoms with E-state index in [4.69, 9.17) is 9.47 Å². The van der Waals surface area contributed by atoms with E-state index < -0.39 is 54.1 Å². The van der Waals surface area contributed by atoms with Gasteiger partial charge < -0.3 is 24.6 Å². The smallest absolute Gasteiger partial charge is 0.410 e. The number of benzene rings is 1. The molecule has 0 unspecified atom stereocenters. The third-order valence-corrected chi connectivity index (χ3v) is 6.25. The molecule has 33 heavy (non-hydrogen) atoms. The summed E-state index contributed by atoms with van der Waals surface area (Å²) in [6, 6.07) is 6.02. The Balaban J connectivity index is 1.71. The van der Waals surface area contributed by atoms with Crippen molar-refractivity contribution in [2.24, 2.45) is 5.92 Å². The predicted octanol–water partition coefficient (Wildman–Crippen LogP) is 3.74. The molecule has 2 atom stereocenters. The van der Waals surface area contributed by atoms with Crippen LogP contribution in [0.15, 0.2) is 24.3 Å². The number of rotatable bonds is 5. The third kappa shape index (κ3) is 6.00. The Morgan fingerprint density at radius 1 is 1.12 bits per heavy atom. The molecule has 2 aliphatic rings. The summed E-state index contributed by atoms with van der Waals surface area (Å²) in [5.74, 6) is -4.91. The topological polar surface area (TPSA) is 96.3 Å². The van der Waals surface area contributed by atoms with Crippen molar-refractivity contribution in [1.82, 2.24) is 4.90 Å². The van der Waals surface area contributed by atoms with E-state index in [1.165, 1.54) is 17.0 Å². The van der Waals surface area contributed by atoms with Crippen molar-refractivity contribution in [3.8, 4) is 0 Å². The summed E-state index contributed by atoms with van der Waals surface area (Å²) in [6.45, 7) is 5.75. The highest BCUT2D eigenvalue weighted by Gasteiger charge is 2.55. The molecular formula is C24H33F2NO6. The van der Waals surface area contributed by atoms with Crippen molar-refractivity contribution in [1.29, 1.82) is 0 Å². The Morgan fingerprint density at radius 3 is 2.21 bits per heavy atom. The van der Waals surface area contributed by atoms with Crippen molar-refractivity contribution in [3.05, 3.63) is 35.4 Å². The molecule has 2 N–H and O–H groups in total. The molecule has 0 bridgehead atoms. The number of carbonyl (C=O) groups excluding carboxylic acids is 2. The quantitative estimate of drug-likeness (QED) is 0.638. The van der Waals surface area contributed by atoms with Crippen molar-refractivity contribution in [2.45, 2.75) is 82.7 Å². The number of ether oxygens (including phenoxy) is 2. The fraction of sp³-hybridized carbons (Fsp3) is 0.667. The molecule has 9 heteroatoms. The standard InChI is InChI=1S/C24H33F2NO6/c1-22(2,3)33-21(30)27-12-9-19(10-13-27)32-20(29)24(31,18-8-11-23(25,26)14-18)17-6-4-16(15-28)5-7-17/h4-7,18-19,28,31H,8-15H2,1-3H3/t18-,24+/m1/s1. The van der Waals surface area contributed by atoms with Crippen LogP contribution in [-0.2, 0) is 26.5 Å². The van der Waals surface area contributed by atoms with E-state index >= 15 is 0 Å². The zero-order valence-corrected chi connectivity index (χ0v) is 19.4. The number of aliphatic hydroxyl groups is 2. The van der Waals surface area contributed by atoms with Gasteiger partial charge in [-0.2, -0.15) is 0 Å². The summed E-state index contributed by atoms with van der Waals surface area (Å²) < 4.78 is 38.9. The van der Waals surface area contributed by atoms with Gasteiger partial charge in [0.1, 0.15) is 11.7 Å². The predicted molar refractivity (Wildman–Crippen MR) is 115 cm³/mol. The molecule has 7 nitrogen and oxygen atoms in total. The summed E-state index contributed by atoms with van der Waals surface area (Å²) in [7, 11) is 0. The molecule has 1 aliphatic heterocycles. The fourth-order valence-electron chi connectivity index (χ4n) is 4.41. The Morgan fingerprint density at radius 2 is 1.73 bits per heavy atom. The van der Waals surface area contributed by atoms with Crippen LogP contribution in [0.4, 0.5) is 13.6 Å². The van der Waals surface area contributed by atoms with Gasteiger partial charge in [-0.3, -0.25) is 0 Å². The van der Waals surface area contributed by atoms with Crippen molar-refractivity contribution in [3.63, 3.8) is 0 Å². The maximum Gasteiger partial charge on any atom is 0.410 e. The molecule has 184 valence electrons. The van der Waals surface area contributed by atoms with Gasteiger partial charge in [-0.1, -0.05) is 24.3 Å². The van der Waals surface area contributed by atoms with Crippen LogP contribution in [0.5, 0.6) is 0 Å². The molecule has 1 heterocycles. The van der Waals surface area contributed by atoms with Gasteiger partial charge in [-0.25, -0.2) is 18.4 Å². The molecule has 1 aromatic carbocycles. The van der Waals surface area contributed by atoms with Crippen LogP contribution in [0, 0.1) is 5.92 Å². The van der Waals surface area contributed by atoms with E-state index in [0.29, 0.717) is 31.5 Å². The minimum atomic E-state index is -2.96. The maximum atomic E-state index is 14.0. The second-order valence-electron chi connectivity index (χ2n) is 9.99. The minimum Gasteiger partial charge on any atom is -0.460 e. The molecule has 0 spiro atoms. The Kier molecular flexibility index (Phi) is 7.33. The first kappa shape index (κ1) is 25.4. The van der Waals surface area contributed by atoms with Gasteiger partial charge in [0.25, 0.3) is 0 Å². The zero-order valence-electron chi connectivity index (χ0n) is 19.4. The van der Waals surface area contributed by atoms with E-state index in [0.717, 1.165) is 0 Å². The van der Waals surface area contributed by atoms with Crippen molar-refractivity contribution in [2.75, 3.05) is 13.1 Å². The summed E-state index contributed by atoms with van der Waals surface area (Å²) in [4.78, 5) is 27.0. The molecular weight excluding hydrogens is 436 g/mol. The number of carbonyl (C=O) groups is 2. The van der Waals surface area contributed by atoms with Gasteiger partial charge in [0.15, 0.2) is 5.60 Å². The van der Waals surface area contributed by atoms with Crippen LogP contribution in [0.25, 0.3) is 0 Å². The van der Waals surface area contributed by atoms with Gasteiger partial charge in [0.2, 0.25) is 5.92 Å². The summed E-state index contributed by atoms with van der Waals surface area (Å²) in [5, 5.41) is 20.8. The van der Waals surface area contributed by atoms with Gasteiger partial charge >= 0.3 is 12.1 Å². The number of piperidine rings is 1. The normalized spacial score (nSPS) is 23.1. The molecule has 1 amide bonds. The lowest BCUT2D eigenvalue weighted by Crippen LogP contribution is -2.48. The maximum absolute atomic E-state index is 14.0. The van der Waals surface area contributed by atoms with E-state index in [1.54, 1.807) is 32.9 Å². The second kappa shape index (κ2) is 9.54. The van der Waals surface area contributed by atoms with Gasteiger partial charge in [0, 0.05) is 44.7 Å². The lowest BCUT2D eigenvalue weighted by Gasteiger charge is -2.36. The molecule has 1 aromatic rings. The number of likely N-dealkylation sites (tertiary alicyclic amines) is 1. The molecule has 0 radical (unpaired) electrons. The largest absolute Gasteiger partial charge is 0.460 e. The molecule has 0 aromatic heterocycles. The lowest BCUT2D eigenvalue weighted by atomic mass is 9.79. The van der Waals surface area contributed by atoms with E-state index in [-0.39, 0.29) is 18.6 Å². The van der Waals surface area contributed by atoms with Crippen LogP contribution >= 0.6 is 0 Å². The van der Waals surface area contributed by atoms with Crippen molar-refractivity contribution >= 4 is 12.1 Å².